The number of fused-ring (bicyclic) bond motifs is 11. The van der Waals surface area contributed by atoms with E-state index in [4.69, 9.17) is 24.4 Å². The summed E-state index contributed by atoms with van der Waals surface area (Å²) in [6, 6.07) is 52.8. The van der Waals surface area contributed by atoms with Crippen LogP contribution in [0.25, 0.3) is 94.6 Å². The third-order valence-corrected chi connectivity index (χ3v) is 11.7. The molecule has 0 saturated carbocycles. The lowest BCUT2D eigenvalue weighted by Crippen LogP contribution is -2.35. The first kappa shape index (κ1) is 32.5. The summed E-state index contributed by atoms with van der Waals surface area (Å²) in [5.41, 5.74) is 9.84. The van der Waals surface area contributed by atoms with Crippen LogP contribution in [0.4, 0.5) is 0 Å². The Kier molecular flexibility index (Phi) is 6.67. The van der Waals surface area contributed by atoms with E-state index in [0.717, 1.165) is 88.5 Å². The first-order valence-electron chi connectivity index (χ1n) is 19.4. The highest BCUT2D eigenvalue weighted by Gasteiger charge is 2.41. The van der Waals surface area contributed by atoms with Crippen molar-refractivity contribution in [2.24, 2.45) is 0 Å². The van der Waals surface area contributed by atoms with E-state index in [-0.39, 0.29) is 5.91 Å². The summed E-state index contributed by atoms with van der Waals surface area (Å²) in [5.74, 6) is 2.44. The Labute approximate surface area is 331 Å². The molecule has 0 radical (unpaired) electrons. The van der Waals surface area contributed by atoms with E-state index < -0.39 is 5.41 Å². The maximum atomic E-state index is 14.8. The highest BCUT2D eigenvalue weighted by atomic mass is 16.3. The maximum Gasteiger partial charge on any atom is 0.264 e. The van der Waals surface area contributed by atoms with E-state index in [1.54, 1.807) is 0 Å². The predicted octanol–water partition coefficient (Wildman–Crippen LogP) is 11.5. The van der Waals surface area contributed by atoms with Crippen molar-refractivity contribution in [3.05, 3.63) is 175 Å². The molecule has 5 heterocycles. The number of nitrogens with zero attached hydrogens (tertiary/aromatic N) is 6. The molecule has 1 aliphatic rings. The predicted molar refractivity (Wildman–Crippen MR) is 229 cm³/mol. The van der Waals surface area contributed by atoms with Crippen LogP contribution in [0, 0.1) is 0 Å². The normalized spacial score (nSPS) is 13.5. The minimum absolute atomic E-state index is 0.0606. The van der Waals surface area contributed by atoms with Gasteiger partial charge in [0.25, 0.3) is 5.91 Å². The van der Waals surface area contributed by atoms with Crippen LogP contribution in [0.15, 0.2) is 162 Å². The number of carbonyl (C=O) groups is 1. The molecule has 0 N–H and O–H groups in total. The fourth-order valence-electron chi connectivity index (χ4n) is 9.03. The van der Waals surface area contributed by atoms with Crippen LogP contribution >= 0.6 is 0 Å². The Hall–Kier alpha value is -7.71. The summed E-state index contributed by atoms with van der Waals surface area (Å²) in [6.07, 6.45) is 0. The Morgan fingerprint density at radius 3 is 1.95 bits per heavy atom. The van der Waals surface area contributed by atoms with Crippen LogP contribution in [0.3, 0.4) is 0 Å². The quantitative estimate of drug-likeness (QED) is 0.178. The fourth-order valence-corrected chi connectivity index (χ4v) is 9.03. The van der Waals surface area contributed by atoms with Crippen molar-refractivity contribution in [2.75, 3.05) is 0 Å². The number of para-hydroxylation sites is 3. The van der Waals surface area contributed by atoms with Crippen LogP contribution in [0.1, 0.15) is 35.6 Å². The van der Waals surface area contributed by atoms with Crippen molar-refractivity contribution in [2.45, 2.75) is 19.3 Å². The number of benzene rings is 7. The average molecular weight is 749 g/mol. The Morgan fingerprint density at radius 2 is 1.19 bits per heavy atom. The molecule has 1 aliphatic heterocycles. The van der Waals surface area contributed by atoms with Gasteiger partial charge < -0.3 is 8.98 Å². The second kappa shape index (κ2) is 11.9. The molecule has 0 unspecified atom stereocenters. The number of hydrogen-bond donors (Lipinski definition) is 0. The largest absolute Gasteiger partial charge is 0.456 e. The van der Waals surface area contributed by atoms with Gasteiger partial charge in [-0.3, -0.25) is 9.36 Å². The van der Waals surface area contributed by atoms with Gasteiger partial charge in [-0.1, -0.05) is 109 Å². The second-order valence-corrected chi connectivity index (χ2v) is 15.4. The number of rotatable bonds is 4. The molecular weight excluding hydrogens is 717 g/mol. The van der Waals surface area contributed by atoms with E-state index in [2.05, 4.69) is 66.9 Å². The topological polar surface area (TPSA) is 91.6 Å². The molecule has 0 amide bonds. The van der Waals surface area contributed by atoms with Gasteiger partial charge in [-0.15, -0.1) is 0 Å². The van der Waals surface area contributed by atoms with Gasteiger partial charge in [0.2, 0.25) is 0 Å². The lowest BCUT2D eigenvalue weighted by molar-refractivity contribution is 0.0950. The summed E-state index contributed by atoms with van der Waals surface area (Å²) in [5, 5.41) is 3.79. The number of aromatic nitrogens is 6. The zero-order chi connectivity index (χ0) is 38.7. The van der Waals surface area contributed by atoms with Gasteiger partial charge >= 0.3 is 0 Å². The molecule has 8 nitrogen and oxygen atoms in total. The molecule has 12 rings (SSSR count). The number of furan rings is 1. The minimum atomic E-state index is -0.513. The molecule has 0 saturated heterocycles. The molecule has 0 aliphatic carbocycles. The van der Waals surface area contributed by atoms with Crippen LogP contribution in [0.5, 0.6) is 0 Å². The zero-order valence-electron chi connectivity index (χ0n) is 31.5. The van der Waals surface area contributed by atoms with Crippen LogP contribution in [-0.2, 0) is 5.41 Å². The Morgan fingerprint density at radius 1 is 0.517 bits per heavy atom. The molecule has 0 atom stereocenters. The van der Waals surface area contributed by atoms with Crippen molar-refractivity contribution in [1.82, 2.24) is 29.1 Å². The third-order valence-electron chi connectivity index (χ3n) is 11.7. The summed E-state index contributed by atoms with van der Waals surface area (Å²) < 4.78 is 10.6. The van der Waals surface area contributed by atoms with Gasteiger partial charge in [0.1, 0.15) is 17.0 Å². The van der Waals surface area contributed by atoms with Crippen molar-refractivity contribution >= 4 is 60.7 Å². The second-order valence-electron chi connectivity index (χ2n) is 15.4. The summed E-state index contributed by atoms with van der Waals surface area (Å²) in [4.78, 5) is 34.9. The molecule has 274 valence electrons. The van der Waals surface area contributed by atoms with Crippen LogP contribution in [0.2, 0.25) is 0 Å². The van der Waals surface area contributed by atoms with Crippen LogP contribution < -0.4 is 0 Å². The van der Waals surface area contributed by atoms with Gasteiger partial charge in [0.05, 0.1) is 27.6 Å². The molecule has 11 aromatic rings. The van der Waals surface area contributed by atoms with Gasteiger partial charge in [-0.25, -0.2) is 19.9 Å². The average Bonchev–Trinajstić information content (AvgIpc) is 3.96. The molecule has 8 heteroatoms. The van der Waals surface area contributed by atoms with E-state index in [1.165, 1.54) is 0 Å². The molecule has 0 spiro atoms. The van der Waals surface area contributed by atoms with Crippen molar-refractivity contribution in [3.63, 3.8) is 0 Å². The van der Waals surface area contributed by atoms with Gasteiger partial charge in [-0.05, 0) is 67.9 Å². The van der Waals surface area contributed by atoms with E-state index in [0.29, 0.717) is 23.0 Å². The first-order valence-corrected chi connectivity index (χ1v) is 19.4. The highest BCUT2D eigenvalue weighted by molar-refractivity contribution is 6.22. The van der Waals surface area contributed by atoms with Crippen molar-refractivity contribution in [1.29, 1.82) is 0 Å². The maximum absolute atomic E-state index is 14.8. The first-order chi connectivity index (χ1) is 28.4. The zero-order valence-corrected chi connectivity index (χ0v) is 31.5. The van der Waals surface area contributed by atoms with E-state index >= 15 is 0 Å². The number of imidazole rings is 1. The van der Waals surface area contributed by atoms with Gasteiger partial charge in [0.15, 0.2) is 17.5 Å². The monoisotopic (exact) mass is 748 g/mol. The molecule has 7 aromatic carbocycles. The van der Waals surface area contributed by atoms with E-state index in [1.807, 2.05) is 114 Å². The standard InChI is InChI=1S/C50H32N6O2/c1-50(2)35-25-26-39-43(44(35)48(57)56-38-22-12-10-20-36(38)51-49(50)56)32-18-9-11-21-37(32)55(39)31-24-27-40-34(28-31)42-33(19-13-23-41(42)58-40)47-53-45(29-14-5-3-6-15-29)52-46(54-47)30-16-7-4-8-17-30/h3-28H,1-2H3. The summed E-state index contributed by atoms with van der Waals surface area (Å²) in [6.45, 7) is 4.32. The number of hydrogen-bond acceptors (Lipinski definition) is 6. The van der Waals surface area contributed by atoms with Crippen molar-refractivity contribution in [3.8, 4) is 39.9 Å². The summed E-state index contributed by atoms with van der Waals surface area (Å²) >= 11 is 0. The molecule has 58 heavy (non-hydrogen) atoms. The molecular formula is C50H32N6O2. The molecule has 4 aromatic heterocycles. The van der Waals surface area contributed by atoms with Gasteiger partial charge in [0, 0.05) is 49.3 Å². The van der Waals surface area contributed by atoms with Crippen LogP contribution in [-0.4, -0.2) is 35.0 Å². The van der Waals surface area contributed by atoms with Crippen molar-refractivity contribution < 1.29 is 9.21 Å². The molecule has 0 bridgehead atoms. The smallest absolute Gasteiger partial charge is 0.264 e. The van der Waals surface area contributed by atoms with E-state index in [9.17, 15) is 4.79 Å². The Bertz CT molecular complexity index is 3450. The SMILES string of the molecule is CC1(C)c2ccc3c(c2C(=O)n2c1nc1ccccc12)c1ccccc1n3-c1ccc2oc3cccc(-c4nc(-c5ccccc5)nc(-c5ccccc5)n4)c3c2c1. The highest BCUT2D eigenvalue weighted by Crippen LogP contribution is 2.46. The fraction of sp³-hybridized carbons (Fsp3) is 0.0600. The van der Waals surface area contributed by atoms with Gasteiger partial charge in [-0.2, -0.15) is 0 Å². The summed E-state index contributed by atoms with van der Waals surface area (Å²) in [7, 11) is 0. The molecule has 0 fully saturated rings. The number of carbonyl (C=O) groups excluding carboxylic acids is 1. The lowest BCUT2D eigenvalue weighted by atomic mass is 9.77. The third kappa shape index (κ3) is 4.54. The lowest BCUT2D eigenvalue weighted by Gasteiger charge is -2.32. The minimum Gasteiger partial charge on any atom is -0.456 e. The Balaban J connectivity index is 1.09.